The van der Waals surface area contributed by atoms with E-state index in [2.05, 4.69) is 4.90 Å². The lowest BCUT2D eigenvalue weighted by Gasteiger charge is -2.28. The maximum Gasteiger partial charge on any atom is 0.414 e. The van der Waals surface area contributed by atoms with E-state index in [1.807, 2.05) is 6.07 Å². The first-order valence-corrected chi connectivity index (χ1v) is 7.03. The summed E-state index contributed by atoms with van der Waals surface area (Å²) in [6.45, 7) is 3.60. The second kappa shape index (κ2) is 8.95. The van der Waals surface area contributed by atoms with Crippen LogP contribution in [0.1, 0.15) is 11.7 Å². The third kappa shape index (κ3) is 5.46. The standard InChI is InChI=1S/C15H22N2O4.ClH/c1-16(2)15(19)21-13-5-3-4-12(10-13)14(18)11-17-6-8-20-9-7-17;/h3-5,10,14,18H,6-9,11H2,1-2H3;1H. The first-order chi connectivity index (χ1) is 10.1. The fourth-order valence-corrected chi connectivity index (χ4v) is 2.11. The van der Waals surface area contributed by atoms with E-state index in [4.69, 9.17) is 9.47 Å². The number of carbonyl (C=O) groups excluding carboxylic acids is 1. The van der Waals surface area contributed by atoms with E-state index in [9.17, 15) is 9.90 Å². The molecule has 1 atom stereocenters. The largest absolute Gasteiger partial charge is 0.414 e. The van der Waals surface area contributed by atoms with Crippen LogP contribution in [0.25, 0.3) is 0 Å². The third-order valence-corrected chi connectivity index (χ3v) is 3.35. The molecule has 1 amide bonds. The van der Waals surface area contributed by atoms with Gasteiger partial charge in [0, 0.05) is 33.7 Å². The van der Waals surface area contributed by atoms with Crippen molar-refractivity contribution in [1.29, 1.82) is 0 Å². The molecular formula is C15H23ClN2O4. The molecule has 22 heavy (non-hydrogen) atoms. The monoisotopic (exact) mass is 330 g/mol. The molecule has 1 aliphatic heterocycles. The minimum Gasteiger partial charge on any atom is -0.410 e. The van der Waals surface area contributed by atoms with Crippen LogP contribution in [0.4, 0.5) is 4.79 Å². The number of halogens is 1. The molecule has 6 nitrogen and oxygen atoms in total. The van der Waals surface area contributed by atoms with Crippen LogP contribution < -0.4 is 4.74 Å². The van der Waals surface area contributed by atoms with Crippen LogP contribution in [-0.4, -0.2) is 67.9 Å². The van der Waals surface area contributed by atoms with Gasteiger partial charge in [0.15, 0.2) is 0 Å². The van der Waals surface area contributed by atoms with Crippen molar-refractivity contribution in [2.24, 2.45) is 0 Å². The Morgan fingerprint density at radius 1 is 1.41 bits per heavy atom. The Balaban J connectivity index is 0.00000242. The highest BCUT2D eigenvalue weighted by atomic mass is 35.5. The van der Waals surface area contributed by atoms with Gasteiger partial charge in [-0.05, 0) is 17.7 Å². The number of carbonyl (C=O) groups is 1. The lowest BCUT2D eigenvalue weighted by Crippen LogP contribution is -2.38. The van der Waals surface area contributed by atoms with Crippen molar-refractivity contribution in [3.05, 3.63) is 29.8 Å². The van der Waals surface area contributed by atoms with Crippen molar-refractivity contribution in [3.63, 3.8) is 0 Å². The molecule has 1 saturated heterocycles. The molecule has 0 aromatic heterocycles. The van der Waals surface area contributed by atoms with Crippen LogP contribution in [0.15, 0.2) is 24.3 Å². The summed E-state index contributed by atoms with van der Waals surface area (Å²) in [5, 5.41) is 10.3. The Hall–Kier alpha value is -1.34. The average molecular weight is 331 g/mol. The van der Waals surface area contributed by atoms with Crippen LogP contribution in [0.2, 0.25) is 0 Å². The van der Waals surface area contributed by atoms with Crippen molar-refractivity contribution in [3.8, 4) is 5.75 Å². The van der Waals surface area contributed by atoms with Gasteiger partial charge in [-0.1, -0.05) is 12.1 Å². The van der Waals surface area contributed by atoms with Gasteiger partial charge in [0.05, 0.1) is 19.3 Å². The number of amides is 1. The molecule has 7 heteroatoms. The lowest BCUT2D eigenvalue weighted by atomic mass is 10.1. The van der Waals surface area contributed by atoms with Crippen molar-refractivity contribution in [2.75, 3.05) is 46.9 Å². The molecule has 124 valence electrons. The van der Waals surface area contributed by atoms with Crippen molar-refractivity contribution in [1.82, 2.24) is 9.80 Å². The van der Waals surface area contributed by atoms with E-state index in [0.29, 0.717) is 25.5 Å². The van der Waals surface area contributed by atoms with Gasteiger partial charge in [-0.3, -0.25) is 4.90 Å². The summed E-state index contributed by atoms with van der Waals surface area (Å²) in [5.41, 5.74) is 0.741. The number of aliphatic hydroxyl groups excluding tert-OH is 1. The van der Waals surface area contributed by atoms with Crippen LogP contribution in [0.3, 0.4) is 0 Å². The average Bonchev–Trinajstić information content (AvgIpc) is 2.48. The molecule has 1 aromatic rings. The van der Waals surface area contributed by atoms with E-state index < -0.39 is 12.2 Å². The van der Waals surface area contributed by atoms with Gasteiger partial charge in [0.25, 0.3) is 0 Å². The Bertz CT molecular complexity index is 478. The highest BCUT2D eigenvalue weighted by Crippen LogP contribution is 2.21. The quantitative estimate of drug-likeness (QED) is 0.907. The van der Waals surface area contributed by atoms with Crippen LogP contribution in [-0.2, 0) is 4.74 Å². The summed E-state index contributed by atoms with van der Waals surface area (Å²) in [6.07, 6.45) is -1.05. The minimum atomic E-state index is -0.610. The molecule has 2 rings (SSSR count). The molecule has 1 N–H and O–H groups in total. The molecule has 1 aliphatic rings. The number of aliphatic hydroxyl groups is 1. The molecule has 1 aromatic carbocycles. The number of ether oxygens (including phenoxy) is 2. The summed E-state index contributed by atoms with van der Waals surface area (Å²) in [6, 6.07) is 7.01. The first kappa shape index (κ1) is 18.7. The summed E-state index contributed by atoms with van der Waals surface area (Å²) in [4.78, 5) is 15.0. The Morgan fingerprint density at radius 3 is 2.73 bits per heavy atom. The molecule has 0 saturated carbocycles. The molecule has 1 heterocycles. The highest BCUT2D eigenvalue weighted by molar-refractivity contribution is 5.85. The minimum absolute atomic E-state index is 0. The number of benzene rings is 1. The van der Waals surface area contributed by atoms with Crippen molar-refractivity contribution >= 4 is 18.5 Å². The molecule has 1 fully saturated rings. The Kier molecular flexibility index (Phi) is 7.61. The topological polar surface area (TPSA) is 62.2 Å². The van der Waals surface area contributed by atoms with Gasteiger partial charge in [-0.25, -0.2) is 4.79 Å². The van der Waals surface area contributed by atoms with E-state index >= 15 is 0 Å². The van der Waals surface area contributed by atoms with Crippen molar-refractivity contribution in [2.45, 2.75) is 6.10 Å². The highest BCUT2D eigenvalue weighted by Gasteiger charge is 2.17. The Morgan fingerprint density at radius 2 is 2.09 bits per heavy atom. The van der Waals surface area contributed by atoms with Gasteiger partial charge in [-0.15, -0.1) is 12.4 Å². The number of morpholine rings is 1. The lowest BCUT2D eigenvalue weighted by molar-refractivity contribution is 0.0143. The molecular weight excluding hydrogens is 308 g/mol. The summed E-state index contributed by atoms with van der Waals surface area (Å²) in [5.74, 6) is 0.437. The van der Waals surface area contributed by atoms with Gasteiger partial charge in [0.2, 0.25) is 0 Å². The SMILES string of the molecule is CN(C)C(=O)Oc1cccc(C(O)CN2CCOCC2)c1.Cl. The van der Waals surface area contributed by atoms with Crippen LogP contribution >= 0.6 is 12.4 Å². The van der Waals surface area contributed by atoms with E-state index in [0.717, 1.165) is 18.7 Å². The summed E-state index contributed by atoms with van der Waals surface area (Å²) in [7, 11) is 3.25. The van der Waals surface area contributed by atoms with Crippen LogP contribution in [0.5, 0.6) is 5.75 Å². The van der Waals surface area contributed by atoms with Crippen LogP contribution in [0, 0.1) is 0 Å². The normalized spacial score (nSPS) is 16.5. The zero-order valence-electron chi connectivity index (χ0n) is 12.9. The van der Waals surface area contributed by atoms with E-state index in [1.54, 1.807) is 32.3 Å². The summed E-state index contributed by atoms with van der Waals surface area (Å²) < 4.78 is 10.5. The van der Waals surface area contributed by atoms with Gasteiger partial charge in [0.1, 0.15) is 5.75 Å². The van der Waals surface area contributed by atoms with Gasteiger partial charge < -0.3 is 19.5 Å². The zero-order valence-corrected chi connectivity index (χ0v) is 13.7. The first-order valence-electron chi connectivity index (χ1n) is 7.03. The fraction of sp³-hybridized carbons (Fsp3) is 0.533. The molecule has 0 aliphatic carbocycles. The Labute approximate surface area is 137 Å². The second-order valence-corrected chi connectivity index (χ2v) is 5.26. The molecule has 0 radical (unpaired) electrons. The zero-order chi connectivity index (χ0) is 15.2. The fourth-order valence-electron chi connectivity index (χ4n) is 2.11. The maximum absolute atomic E-state index is 11.5. The number of hydrogen-bond acceptors (Lipinski definition) is 5. The summed E-state index contributed by atoms with van der Waals surface area (Å²) >= 11 is 0. The number of rotatable bonds is 4. The molecule has 0 spiro atoms. The number of nitrogens with zero attached hydrogens (tertiary/aromatic N) is 2. The van der Waals surface area contributed by atoms with E-state index in [1.165, 1.54) is 4.90 Å². The number of hydrogen-bond donors (Lipinski definition) is 1. The third-order valence-electron chi connectivity index (χ3n) is 3.35. The maximum atomic E-state index is 11.5. The predicted octanol–water partition coefficient (Wildman–Crippen LogP) is 1.53. The van der Waals surface area contributed by atoms with E-state index in [-0.39, 0.29) is 12.4 Å². The smallest absolute Gasteiger partial charge is 0.410 e. The second-order valence-electron chi connectivity index (χ2n) is 5.26. The van der Waals surface area contributed by atoms with Gasteiger partial charge in [-0.2, -0.15) is 0 Å². The van der Waals surface area contributed by atoms with Gasteiger partial charge >= 0.3 is 6.09 Å². The number of β-amino-alcohol motifs (C(OH)–C–C–N with tert-alkyl or cyclic N) is 1. The van der Waals surface area contributed by atoms with Crippen molar-refractivity contribution < 1.29 is 19.4 Å². The molecule has 0 bridgehead atoms. The predicted molar refractivity (Wildman–Crippen MR) is 85.6 cm³/mol. The molecule has 1 unspecified atom stereocenters.